The summed E-state index contributed by atoms with van der Waals surface area (Å²) in [7, 11) is -7.93. The Morgan fingerprint density at radius 3 is 2.04 bits per heavy atom. The first kappa shape index (κ1) is 21.4. The third-order valence-electron chi connectivity index (χ3n) is 3.35. The summed E-state index contributed by atoms with van der Waals surface area (Å²) in [6, 6.07) is 3.64. The van der Waals surface area contributed by atoms with Crippen LogP contribution in [0.15, 0.2) is 18.2 Å². The Balaban J connectivity index is 2.60. The van der Waals surface area contributed by atoms with Crippen LogP contribution in [0.2, 0.25) is 0 Å². The molecule has 26 heavy (non-hydrogen) atoms. The quantitative estimate of drug-likeness (QED) is 0.510. The Labute approximate surface area is 152 Å². The molecule has 1 unspecified atom stereocenters. The van der Waals surface area contributed by atoms with Gasteiger partial charge in [-0.3, -0.25) is 13.6 Å². The number of benzene rings is 1. The lowest BCUT2D eigenvalue weighted by Crippen LogP contribution is -2.35. The predicted octanol–water partition coefficient (Wildman–Crippen LogP) is 4.76. The van der Waals surface area contributed by atoms with Gasteiger partial charge >= 0.3 is 15.3 Å². The molecule has 0 saturated carbocycles. The zero-order valence-corrected chi connectivity index (χ0v) is 17.0. The molecule has 0 aromatic heterocycles. The van der Waals surface area contributed by atoms with Crippen LogP contribution < -0.4 is 9.41 Å². The van der Waals surface area contributed by atoms with Gasteiger partial charge in [-0.15, -0.1) is 0 Å². The van der Waals surface area contributed by atoms with E-state index < -0.39 is 27.1 Å². The summed E-state index contributed by atoms with van der Waals surface area (Å²) in [5, 5.41) is 0. The van der Waals surface area contributed by atoms with Gasteiger partial charge in [0.1, 0.15) is 11.6 Å². The summed E-state index contributed by atoms with van der Waals surface area (Å²) in [4.78, 5) is 0. The second kappa shape index (κ2) is 8.83. The standard InChI is InChI=1S/C15H24FNO7P2/c1-5-20-25(18,21-6-2)15-17(26(19,22-7-3)23-8-4)13-11-12(16)9-10-14(13)24-15/h9-11,15H,5-8H2,1-4H3. The number of halogens is 1. The Morgan fingerprint density at radius 1 is 1.00 bits per heavy atom. The Kier molecular flexibility index (Phi) is 7.25. The zero-order chi connectivity index (χ0) is 19.4. The molecular formula is C15H24FNO7P2. The zero-order valence-electron chi connectivity index (χ0n) is 15.2. The molecule has 0 fully saturated rings. The lowest BCUT2D eigenvalue weighted by molar-refractivity contribution is 0.163. The number of hydrogen-bond acceptors (Lipinski definition) is 7. The Bertz CT molecular complexity index is 697. The van der Waals surface area contributed by atoms with E-state index in [1.54, 1.807) is 27.7 Å². The highest BCUT2D eigenvalue weighted by Gasteiger charge is 2.55. The van der Waals surface area contributed by atoms with E-state index in [9.17, 15) is 13.5 Å². The van der Waals surface area contributed by atoms with Crippen molar-refractivity contribution in [2.75, 3.05) is 31.1 Å². The van der Waals surface area contributed by atoms with Gasteiger partial charge in [0, 0.05) is 6.07 Å². The minimum atomic E-state index is -4.01. The number of fused-ring (bicyclic) bond motifs is 1. The number of anilines is 1. The summed E-state index contributed by atoms with van der Waals surface area (Å²) < 4.78 is 68.7. The van der Waals surface area contributed by atoms with E-state index in [-0.39, 0.29) is 37.9 Å². The van der Waals surface area contributed by atoms with Gasteiger partial charge in [-0.05, 0) is 39.8 Å². The van der Waals surface area contributed by atoms with E-state index >= 15 is 0 Å². The lowest BCUT2D eigenvalue weighted by atomic mass is 10.3. The molecule has 0 N–H and O–H groups in total. The van der Waals surface area contributed by atoms with Gasteiger partial charge in [0.15, 0.2) is 0 Å². The van der Waals surface area contributed by atoms with E-state index in [0.717, 1.165) is 10.7 Å². The van der Waals surface area contributed by atoms with Crippen molar-refractivity contribution in [3.63, 3.8) is 0 Å². The highest BCUT2D eigenvalue weighted by Crippen LogP contribution is 2.68. The minimum absolute atomic E-state index is 0.0543. The van der Waals surface area contributed by atoms with Crippen LogP contribution in [0.5, 0.6) is 5.75 Å². The predicted molar refractivity (Wildman–Crippen MR) is 95.0 cm³/mol. The molecule has 11 heteroatoms. The van der Waals surface area contributed by atoms with Crippen molar-refractivity contribution in [1.82, 2.24) is 0 Å². The van der Waals surface area contributed by atoms with Crippen LogP contribution >= 0.6 is 15.3 Å². The largest absolute Gasteiger partial charge is 0.455 e. The van der Waals surface area contributed by atoms with Crippen molar-refractivity contribution < 1.29 is 36.4 Å². The maximum atomic E-state index is 13.8. The average molecular weight is 411 g/mol. The topological polar surface area (TPSA) is 83.5 Å². The fraction of sp³-hybridized carbons (Fsp3) is 0.600. The third-order valence-corrected chi connectivity index (χ3v) is 7.76. The normalized spacial score (nSPS) is 17.3. The van der Waals surface area contributed by atoms with Crippen LogP contribution in [0.25, 0.3) is 0 Å². The number of hydrogen-bond donors (Lipinski definition) is 0. The maximum Gasteiger partial charge on any atom is 0.438 e. The van der Waals surface area contributed by atoms with Gasteiger partial charge in [0.05, 0.1) is 32.1 Å². The van der Waals surface area contributed by atoms with Crippen molar-refractivity contribution in [2.24, 2.45) is 0 Å². The molecule has 8 nitrogen and oxygen atoms in total. The van der Waals surface area contributed by atoms with E-state index in [0.29, 0.717) is 0 Å². The van der Waals surface area contributed by atoms with Gasteiger partial charge in [0.2, 0.25) is 0 Å². The molecule has 1 atom stereocenters. The average Bonchev–Trinajstić information content (AvgIpc) is 2.95. The Hall–Kier alpha value is -0.950. The first-order chi connectivity index (χ1) is 12.3. The summed E-state index contributed by atoms with van der Waals surface area (Å²) in [5.74, 6) is -1.83. The Morgan fingerprint density at radius 2 is 1.54 bits per heavy atom. The SMILES string of the molecule is CCOP(=O)(OCC)C1Oc2ccc(F)cc2N1P(=O)(OCC)OCC. The lowest BCUT2D eigenvalue weighted by Gasteiger charge is -2.33. The van der Waals surface area contributed by atoms with Crippen LogP contribution in [0.4, 0.5) is 10.1 Å². The van der Waals surface area contributed by atoms with Gasteiger partial charge in [-0.25, -0.2) is 13.6 Å². The molecule has 0 bridgehead atoms. The molecule has 1 aromatic rings. The van der Waals surface area contributed by atoms with E-state index in [2.05, 4.69) is 0 Å². The summed E-state index contributed by atoms with van der Waals surface area (Å²) >= 11 is 0. The van der Waals surface area contributed by atoms with Crippen molar-refractivity contribution in [3.8, 4) is 5.75 Å². The van der Waals surface area contributed by atoms with Crippen molar-refractivity contribution in [3.05, 3.63) is 24.0 Å². The van der Waals surface area contributed by atoms with Crippen molar-refractivity contribution >= 4 is 21.0 Å². The second-order valence-electron chi connectivity index (χ2n) is 5.08. The molecule has 148 valence electrons. The monoisotopic (exact) mass is 411 g/mol. The van der Waals surface area contributed by atoms with Crippen LogP contribution in [0.1, 0.15) is 27.7 Å². The van der Waals surface area contributed by atoms with Crippen molar-refractivity contribution in [2.45, 2.75) is 33.7 Å². The fourth-order valence-corrected chi connectivity index (χ4v) is 6.64. The molecule has 1 aromatic carbocycles. The molecule has 1 aliphatic rings. The number of rotatable bonds is 10. The molecule has 0 amide bonds. The molecule has 0 spiro atoms. The van der Waals surface area contributed by atoms with E-state index in [1.807, 2.05) is 0 Å². The molecule has 2 rings (SSSR count). The van der Waals surface area contributed by atoms with Gasteiger partial charge in [0.25, 0.3) is 5.97 Å². The highest BCUT2D eigenvalue weighted by molar-refractivity contribution is 7.60. The number of ether oxygens (including phenoxy) is 1. The van der Waals surface area contributed by atoms with Gasteiger partial charge < -0.3 is 13.8 Å². The van der Waals surface area contributed by atoms with E-state index in [4.69, 9.17) is 22.8 Å². The second-order valence-corrected chi connectivity index (χ2v) is 9.00. The molecule has 0 aliphatic carbocycles. The summed E-state index contributed by atoms with van der Waals surface area (Å²) in [6.07, 6.45) is 0. The smallest absolute Gasteiger partial charge is 0.438 e. The molecule has 0 saturated heterocycles. The van der Waals surface area contributed by atoms with Crippen LogP contribution in [-0.4, -0.2) is 32.4 Å². The third kappa shape index (κ3) is 4.14. The van der Waals surface area contributed by atoms with E-state index in [1.165, 1.54) is 12.1 Å². The highest BCUT2D eigenvalue weighted by atomic mass is 31.2. The fourth-order valence-electron chi connectivity index (χ4n) is 2.52. The van der Waals surface area contributed by atoms with Gasteiger partial charge in [-0.2, -0.15) is 0 Å². The first-order valence-corrected chi connectivity index (χ1v) is 11.5. The minimum Gasteiger partial charge on any atom is -0.455 e. The molecule has 1 aliphatic heterocycles. The van der Waals surface area contributed by atoms with Crippen LogP contribution in [0.3, 0.4) is 0 Å². The molecule has 1 heterocycles. The van der Waals surface area contributed by atoms with Crippen molar-refractivity contribution in [1.29, 1.82) is 0 Å². The molecular weight excluding hydrogens is 387 g/mol. The first-order valence-electron chi connectivity index (χ1n) is 8.39. The number of nitrogens with zero attached hydrogens (tertiary/aromatic N) is 1. The van der Waals surface area contributed by atoms with Gasteiger partial charge in [-0.1, -0.05) is 0 Å². The maximum absolute atomic E-state index is 13.8. The van der Waals surface area contributed by atoms with Crippen LogP contribution in [-0.2, 0) is 27.2 Å². The molecule has 0 radical (unpaired) electrons. The summed E-state index contributed by atoms with van der Waals surface area (Å²) in [6.45, 7) is 6.80. The van der Waals surface area contributed by atoms with Crippen LogP contribution in [0, 0.1) is 5.82 Å². The summed E-state index contributed by atoms with van der Waals surface area (Å²) in [5.41, 5.74) is 0.0971.